The van der Waals surface area contributed by atoms with E-state index in [1.165, 1.54) is 0 Å². The van der Waals surface area contributed by atoms with Crippen molar-refractivity contribution in [2.45, 2.75) is 70.7 Å². The highest BCUT2D eigenvalue weighted by Gasteiger charge is 2.32. The molecule has 42 heavy (non-hydrogen) atoms. The monoisotopic (exact) mass is 572 g/mol. The van der Waals surface area contributed by atoms with Gasteiger partial charge in [-0.15, -0.1) is 0 Å². The number of amides is 2. The number of rotatable bonds is 14. The van der Waals surface area contributed by atoms with Crippen molar-refractivity contribution in [2.24, 2.45) is 5.92 Å². The van der Waals surface area contributed by atoms with Gasteiger partial charge in [-0.25, -0.2) is 4.79 Å². The zero-order valence-corrected chi connectivity index (χ0v) is 24.4. The standard InChI is InChI=1S/C34H40N2O6/c1-22(33(38)39)12-11-13-23(2)35-32(37)31(24(3)41-20-25-14-5-4-6-15-25)36-34(40)42-21-30-28-18-9-7-16-26(28)27-17-8-10-19-29(27)30/h4-10,14-19,22-24,30-31H,11-13,20-21H2,1-3H3,(H,35,37)(H,36,40)(H,38,39)/t22?,23?,24-,31+/m0/s1. The van der Waals surface area contributed by atoms with E-state index >= 15 is 0 Å². The number of hydrogen-bond donors (Lipinski definition) is 3. The molecule has 4 atom stereocenters. The molecule has 3 N–H and O–H groups in total. The Morgan fingerprint density at radius 1 is 0.810 bits per heavy atom. The molecule has 0 aliphatic heterocycles. The minimum atomic E-state index is -0.996. The highest BCUT2D eigenvalue weighted by molar-refractivity contribution is 5.86. The highest BCUT2D eigenvalue weighted by Crippen LogP contribution is 2.44. The summed E-state index contributed by atoms with van der Waals surface area (Å²) in [5.41, 5.74) is 5.42. The number of ether oxygens (including phenoxy) is 2. The van der Waals surface area contributed by atoms with Gasteiger partial charge in [0.15, 0.2) is 0 Å². The Balaban J connectivity index is 1.39. The van der Waals surface area contributed by atoms with E-state index in [0.29, 0.717) is 19.3 Å². The first-order valence-corrected chi connectivity index (χ1v) is 14.5. The molecule has 8 nitrogen and oxygen atoms in total. The molecule has 2 amide bonds. The number of fused-ring (bicyclic) bond motifs is 3. The van der Waals surface area contributed by atoms with Crippen molar-refractivity contribution in [1.29, 1.82) is 0 Å². The second-order valence-corrected chi connectivity index (χ2v) is 11.0. The second-order valence-electron chi connectivity index (χ2n) is 11.0. The van der Waals surface area contributed by atoms with E-state index in [1.54, 1.807) is 13.8 Å². The highest BCUT2D eigenvalue weighted by atomic mass is 16.5. The average Bonchev–Trinajstić information content (AvgIpc) is 3.31. The van der Waals surface area contributed by atoms with E-state index < -0.39 is 30.1 Å². The molecule has 8 heteroatoms. The molecule has 2 unspecified atom stereocenters. The molecule has 0 spiro atoms. The van der Waals surface area contributed by atoms with E-state index in [9.17, 15) is 14.4 Å². The molecule has 3 aromatic carbocycles. The van der Waals surface area contributed by atoms with Crippen molar-refractivity contribution in [3.8, 4) is 11.1 Å². The average molecular weight is 573 g/mol. The molecule has 0 radical (unpaired) electrons. The SMILES string of the molecule is CC(CCCC(C)C(=O)O)NC(=O)[C@H](NC(=O)OCC1c2ccccc2-c2ccccc21)[C@H](C)OCc1ccccc1. The van der Waals surface area contributed by atoms with E-state index in [0.717, 1.165) is 27.8 Å². The van der Waals surface area contributed by atoms with Crippen LogP contribution < -0.4 is 10.6 Å². The van der Waals surface area contributed by atoms with Crippen molar-refractivity contribution in [3.63, 3.8) is 0 Å². The van der Waals surface area contributed by atoms with Crippen LogP contribution in [0.4, 0.5) is 4.79 Å². The number of carbonyl (C=O) groups is 3. The van der Waals surface area contributed by atoms with Gasteiger partial charge in [0.2, 0.25) is 5.91 Å². The van der Waals surface area contributed by atoms with Crippen LogP contribution in [0.3, 0.4) is 0 Å². The lowest BCUT2D eigenvalue weighted by Crippen LogP contribution is -2.54. The summed E-state index contributed by atoms with van der Waals surface area (Å²) < 4.78 is 11.7. The van der Waals surface area contributed by atoms with Crippen LogP contribution >= 0.6 is 0 Å². The molecule has 1 aliphatic rings. The van der Waals surface area contributed by atoms with Crippen LogP contribution in [-0.4, -0.2) is 47.9 Å². The Hall–Kier alpha value is -4.17. The van der Waals surface area contributed by atoms with Gasteiger partial charge >= 0.3 is 12.1 Å². The lowest BCUT2D eigenvalue weighted by Gasteiger charge is -2.26. The molecule has 0 aromatic heterocycles. The molecule has 0 heterocycles. The first kappa shape index (κ1) is 30.8. The van der Waals surface area contributed by atoms with Crippen LogP contribution in [0.15, 0.2) is 78.9 Å². The van der Waals surface area contributed by atoms with Crippen molar-refractivity contribution >= 4 is 18.0 Å². The van der Waals surface area contributed by atoms with Crippen LogP contribution in [0.25, 0.3) is 11.1 Å². The number of carbonyl (C=O) groups excluding carboxylic acids is 2. The summed E-state index contributed by atoms with van der Waals surface area (Å²) >= 11 is 0. The maximum atomic E-state index is 13.4. The van der Waals surface area contributed by atoms with E-state index in [4.69, 9.17) is 14.6 Å². The molecule has 0 fully saturated rings. The van der Waals surface area contributed by atoms with Gasteiger partial charge in [0.05, 0.1) is 18.6 Å². The van der Waals surface area contributed by atoms with Gasteiger partial charge < -0.3 is 25.2 Å². The minimum absolute atomic E-state index is 0.101. The topological polar surface area (TPSA) is 114 Å². The number of carboxylic acids is 1. The summed E-state index contributed by atoms with van der Waals surface area (Å²) in [6.45, 7) is 5.69. The van der Waals surface area contributed by atoms with Crippen LogP contribution in [0.5, 0.6) is 0 Å². The maximum absolute atomic E-state index is 13.4. The first-order valence-electron chi connectivity index (χ1n) is 14.5. The van der Waals surface area contributed by atoms with Crippen molar-refractivity contribution in [3.05, 3.63) is 95.6 Å². The lowest BCUT2D eigenvalue weighted by atomic mass is 9.98. The minimum Gasteiger partial charge on any atom is -0.481 e. The fraction of sp³-hybridized carbons (Fsp3) is 0.382. The largest absolute Gasteiger partial charge is 0.481 e. The van der Waals surface area contributed by atoms with Gasteiger partial charge in [-0.1, -0.05) is 92.2 Å². The Morgan fingerprint density at radius 2 is 1.40 bits per heavy atom. The summed E-state index contributed by atoms with van der Waals surface area (Å²) in [5.74, 6) is -1.76. The van der Waals surface area contributed by atoms with Crippen LogP contribution in [0.2, 0.25) is 0 Å². The quantitative estimate of drug-likeness (QED) is 0.222. The van der Waals surface area contributed by atoms with E-state index in [2.05, 4.69) is 34.9 Å². The van der Waals surface area contributed by atoms with Gasteiger partial charge in [-0.05, 0) is 54.5 Å². The molecule has 0 bridgehead atoms. The third kappa shape index (κ3) is 7.97. The lowest BCUT2D eigenvalue weighted by molar-refractivity contribution is -0.141. The molecule has 0 saturated carbocycles. The third-order valence-corrected chi connectivity index (χ3v) is 7.81. The molecule has 0 saturated heterocycles. The van der Waals surface area contributed by atoms with Crippen molar-refractivity contribution in [1.82, 2.24) is 10.6 Å². The van der Waals surface area contributed by atoms with Crippen LogP contribution in [0.1, 0.15) is 62.6 Å². The number of nitrogens with one attached hydrogen (secondary N) is 2. The molecular formula is C34H40N2O6. The van der Waals surface area contributed by atoms with Gasteiger partial charge in [0.1, 0.15) is 12.6 Å². The van der Waals surface area contributed by atoms with Gasteiger partial charge in [0.25, 0.3) is 0 Å². The number of carboxylic acid groups (broad SMARTS) is 1. The van der Waals surface area contributed by atoms with E-state index in [1.807, 2.05) is 61.5 Å². The molecular weight excluding hydrogens is 532 g/mol. The summed E-state index contributed by atoms with van der Waals surface area (Å²) in [4.78, 5) is 37.6. The zero-order chi connectivity index (χ0) is 30.1. The number of benzene rings is 3. The summed E-state index contributed by atoms with van der Waals surface area (Å²) in [5, 5.41) is 14.8. The van der Waals surface area contributed by atoms with Gasteiger partial charge in [-0.3, -0.25) is 9.59 Å². The van der Waals surface area contributed by atoms with Gasteiger partial charge in [-0.2, -0.15) is 0 Å². The third-order valence-electron chi connectivity index (χ3n) is 7.81. The van der Waals surface area contributed by atoms with Crippen LogP contribution in [-0.2, 0) is 25.7 Å². The van der Waals surface area contributed by atoms with Gasteiger partial charge in [0, 0.05) is 12.0 Å². The number of hydrogen-bond acceptors (Lipinski definition) is 5. The predicted octanol–water partition coefficient (Wildman–Crippen LogP) is 5.89. The summed E-state index contributed by atoms with van der Waals surface area (Å²) in [6.07, 6.45) is 0.438. The predicted molar refractivity (Wildman–Crippen MR) is 161 cm³/mol. The Morgan fingerprint density at radius 3 is 2.02 bits per heavy atom. The smallest absolute Gasteiger partial charge is 0.407 e. The Kier molecular flexibility index (Phi) is 10.7. The molecule has 1 aliphatic carbocycles. The fourth-order valence-electron chi connectivity index (χ4n) is 5.32. The number of alkyl carbamates (subject to hydrolysis) is 1. The van der Waals surface area contributed by atoms with Crippen molar-refractivity contribution < 1.29 is 29.0 Å². The number of aliphatic carboxylic acids is 1. The summed E-state index contributed by atoms with van der Waals surface area (Å²) in [6, 6.07) is 24.6. The van der Waals surface area contributed by atoms with E-state index in [-0.39, 0.29) is 31.1 Å². The van der Waals surface area contributed by atoms with Crippen LogP contribution in [0, 0.1) is 5.92 Å². The maximum Gasteiger partial charge on any atom is 0.407 e. The fourth-order valence-corrected chi connectivity index (χ4v) is 5.32. The molecule has 222 valence electrons. The normalized spacial score (nSPS) is 15.0. The summed E-state index contributed by atoms with van der Waals surface area (Å²) in [7, 11) is 0. The molecule has 4 rings (SSSR count). The Bertz CT molecular complexity index is 1320. The van der Waals surface area contributed by atoms with Crippen molar-refractivity contribution in [2.75, 3.05) is 6.61 Å². The Labute approximate surface area is 247 Å². The zero-order valence-electron chi connectivity index (χ0n) is 24.4. The second kappa shape index (κ2) is 14.6. The molecule has 3 aromatic rings. The first-order chi connectivity index (χ1) is 20.2.